The van der Waals surface area contributed by atoms with Crippen molar-refractivity contribution in [3.63, 3.8) is 0 Å². The van der Waals surface area contributed by atoms with Gasteiger partial charge >= 0.3 is 0 Å². The third kappa shape index (κ3) is 5.03. The van der Waals surface area contributed by atoms with E-state index < -0.39 is 0 Å². The molecule has 0 aliphatic carbocycles. The van der Waals surface area contributed by atoms with Gasteiger partial charge in [-0.25, -0.2) is 9.98 Å². The Hall–Kier alpha value is -6.00. The van der Waals surface area contributed by atoms with Crippen LogP contribution in [0.25, 0.3) is 22.3 Å². The van der Waals surface area contributed by atoms with E-state index in [-0.39, 0.29) is 0 Å². The fraction of sp³-hybridized carbons (Fsp3) is 0.0909. The van der Waals surface area contributed by atoms with Gasteiger partial charge in [0, 0.05) is 22.3 Å². The topological polar surface area (TPSA) is 49.4 Å². The van der Waals surface area contributed by atoms with Crippen LogP contribution in [0, 0.1) is 0 Å². The van der Waals surface area contributed by atoms with Gasteiger partial charge in [0.1, 0.15) is 0 Å². The number of allylic oxidation sites excluding steroid dienone is 10. The minimum absolute atomic E-state index is 0.839. The predicted octanol–water partition coefficient (Wildman–Crippen LogP) is 10.1. The van der Waals surface area contributed by atoms with Crippen LogP contribution in [0.4, 0.5) is 0 Å². The molecule has 228 valence electrons. The molecule has 4 aromatic carbocycles. The van der Waals surface area contributed by atoms with Crippen molar-refractivity contribution in [3.05, 3.63) is 191 Å². The molecule has 0 spiro atoms. The molecule has 0 saturated carbocycles. The quantitative estimate of drug-likeness (QED) is 0.219. The van der Waals surface area contributed by atoms with Gasteiger partial charge in [-0.15, -0.1) is 0 Å². The minimum Gasteiger partial charge on any atom is -0.256 e. The number of aliphatic imine (C=N–C) groups is 4. The Morgan fingerprint density at radius 3 is 1.21 bits per heavy atom. The van der Waals surface area contributed by atoms with Crippen LogP contribution in [0.1, 0.15) is 47.9 Å². The van der Waals surface area contributed by atoms with Crippen LogP contribution < -0.4 is 0 Å². The van der Waals surface area contributed by atoms with Crippen molar-refractivity contribution in [1.82, 2.24) is 0 Å². The van der Waals surface area contributed by atoms with Gasteiger partial charge in [-0.1, -0.05) is 121 Å². The lowest BCUT2D eigenvalue weighted by Crippen LogP contribution is -2.03. The predicted molar refractivity (Wildman–Crippen MR) is 200 cm³/mol. The van der Waals surface area contributed by atoms with Crippen molar-refractivity contribution in [2.24, 2.45) is 20.0 Å². The first-order valence-electron chi connectivity index (χ1n) is 16.7. The summed E-state index contributed by atoms with van der Waals surface area (Å²) < 4.78 is 0. The number of benzene rings is 4. The van der Waals surface area contributed by atoms with Gasteiger partial charge in [-0.3, -0.25) is 9.98 Å². The Morgan fingerprint density at radius 2 is 0.688 bits per heavy atom. The van der Waals surface area contributed by atoms with Crippen LogP contribution in [-0.2, 0) is 0 Å². The van der Waals surface area contributed by atoms with E-state index in [0.29, 0.717) is 0 Å². The number of fused-ring (bicyclic) bond motifs is 4. The van der Waals surface area contributed by atoms with Crippen molar-refractivity contribution in [2.75, 3.05) is 0 Å². The van der Waals surface area contributed by atoms with Crippen LogP contribution in [0.2, 0.25) is 0 Å². The molecule has 4 heteroatoms. The second-order valence-corrected chi connectivity index (χ2v) is 12.4. The van der Waals surface area contributed by atoms with E-state index in [9.17, 15) is 0 Å². The van der Waals surface area contributed by atoms with Gasteiger partial charge in [0.05, 0.1) is 45.6 Å². The molecule has 0 fully saturated rings. The van der Waals surface area contributed by atoms with Crippen molar-refractivity contribution in [2.45, 2.75) is 25.7 Å². The van der Waals surface area contributed by atoms with E-state index in [1.165, 1.54) is 0 Å². The van der Waals surface area contributed by atoms with E-state index in [2.05, 4.69) is 146 Å². The molecule has 5 aliphatic heterocycles. The van der Waals surface area contributed by atoms with Gasteiger partial charge in [0.2, 0.25) is 0 Å². The number of hydrogen-bond donors (Lipinski definition) is 0. The normalized spacial score (nSPS) is 18.5. The Bertz CT molecular complexity index is 2270. The van der Waals surface area contributed by atoms with E-state index in [0.717, 1.165) is 116 Å². The Labute approximate surface area is 280 Å². The van der Waals surface area contributed by atoms with Gasteiger partial charge in [0.25, 0.3) is 0 Å². The summed E-state index contributed by atoms with van der Waals surface area (Å²) in [6.07, 6.45) is 11.9. The summed E-state index contributed by atoms with van der Waals surface area (Å²) in [6, 6.07) is 42.3. The summed E-state index contributed by atoms with van der Waals surface area (Å²) >= 11 is 0. The molecule has 4 aromatic rings. The number of hydrogen-bond acceptors (Lipinski definition) is 4. The molecule has 0 radical (unpaired) electrons. The van der Waals surface area contributed by atoms with Gasteiger partial charge < -0.3 is 0 Å². The standard InChI is InChI=1S/C44H32N4/c1-5-13-29(14-6-1)41-33-21-23-35(45-33)42(30-15-7-2-8-16-30)37-25-27-39(47-37)44(32-19-11-4-12-20-32)40-28-26-38(48-40)43(31-17-9-3-10-18-31)36-24-22-34(41)46-36/h1-24H,25-28H2. The monoisotopic (exact) mass is 616 g/mol. The van der Waals surface area contributed by atoms with Crippen LogP contribution >= 0.6 is 0 Å². The first kappa shape index (κ1) is 28.2. The summed E-state index contributed by atoms with van der Waals surface area (Å²) in [5.41, 5.74) is 16.8. The molecule has 0 aromatic heterocycles. The SMILES string of the molecule is C1=CC2=C(c3ccccc3)C3=NC(=C(c4ccccc4)C4=NC(=C(c5ccccc5)C5=NC(=C(c6ccccc6)C1=N2)C=C5)CC4)CC3. The highest BCUT2D eigenvalue weighted by Gasteiger charge is 2.30. The molecule has 9 rings (SSSR count). The summed E-state index contributed by atoms with van der Waals surface area (Å²) in [5, 5.41) is 0. The number of rotatable bonds is 4. The second-order valence-electron chi connectivity index (χ2n) is 12.4. The molecule has 0 unspecified atom stereocenters. The maximum absolute atomic E-state index is 5.45. The lowest BCUT2D eigenvalue weighted by molar-refractivity contribution is 1.06. The van der Waals surface area contributed by atoms with Gasteiger partial charge in [-0.05, 0) is 72.2 Å². The zero-order chi connectivity index (χ0) is 31.9. The van der Waals surface area contributed by atoms with E-state index in [1.807, 2.05) is 0 Å². The first-order valence-corrected chi connectivity index (χ1v) is 16.7. The van der Waals surface area contributed by atoms with Crippen LogP contribution in [0.5, 0.6) is 0 Å². The third-order valence-corrected chi connectivity index (χ3v) is 9.45. The molecular weight excluding hydrogens is 585 g/mol. The first-order chi connectivity index (χ1) is 23.8. The smallest absolute Gasteiger partial charge is 0.0738 e. The van der Waals surface area contributed by atoms with Gasteiger partial charge in [0.15, 0.2) is 0 Å². The lowest BCUT2D eigenvalue weighted by atomic mass is 9.94. The van der Waals surface area contributed by atoms with Crippen molar-refractivity contribution >= 4 is 45.1 Å². The highest BCUT2D eigenvalue weighted by Crippen LogP contribution is 2.41. The maximum atomic E-state index is 5.45. The van der Waals surface area contributed by atoms with Crippen molar-refractivity contribution in [1.29, 1.82) is 0 Å². The van der Waals surface area contributed by atoms with Crippen LogP contribution in [0.3, 0.4) is 0 Å². The minimum atomic E-state index is 0.839. The number of nitrogens with zero attached hydrogens (tertiary/aromatic N) is 4. The summed E-state index contributed by atoms with van der Waals surface area (Å²) in [7, 11) is 0. The molecule has 4 nitrogen and oxygen atoms in total. The molecule has 0 amide bonds. The molecule has 5 heterocycles. The summed E-state index contributed by atoms with van der Waals surface area (Å²) in [4.78, 5) is 21.6. The molecule has 48 heavy (non-hydrogen) atoms. The van der Waals surface area contributed by atoms with Crippen molar-refractivity contribution in [3.8, 4) is 0 Å². The van der Waals surface area contributed by atoms with E-state index >= 15 is 0 Å². The van der Waals surface area contributed by atoms with Crippen molar-refractivity contribution < 1.29 is 0 Å². The Kier molecular flexibility index (Phi) is 7.05. The summed E-state index contributed by atoms with van der Waals surface area (Å²) in [6.45, 7) is 0. The maximum Gasteiger partial charge on any atom is 0.0738 e. The fourth-order valence-electron chi connectivity index (χ4n) is 7.30. The van der Waals surface area contributed by atoms with E-state index in [1.54, 1.807) is 0 Å². The zero-order valence-electron chi connectivity index (χ0n) is 26.5. The molecule has 0 atom stereocenters. The molecule has 5 aliphatic rings. The average Bonchev–Trinajstić information content (AvgIpc) is 3.98. The van der Waals surface area contributed by atoms with Gasteiger partial charge in [-0.2, -0.15) is 0 Å². The van der Waals surface area contributed by atoms with Crippen LogP contribution in [-0.4, -0.2) is 22.8 Å². The Balaban J connectivity index is 1.36. The highest BCUT2D eigenvalue weighted by atomic mass is 14.9. The summed E-state index contributed by atoms with van der Waals surface area (Å²) in [5.74, 6) is 0. The largest absolute Gasteiger partial charge is 0.256 e. The fourth-order valence-corrected chi connectivity index (χ4v) is 7.30. The van der Waals surface area contributed by atoms with Crippen LogP contribution in [0.15, 0.2) is 188 Å². The highest BCUT2D eigenvalue weighted by molar-refractivity contribution is 6.37. The molecule has 8 bridgehead atoms. The zero-order valence-corrected chi connectivity index (χ0v) is 26.5. The third-order valence-electron chi connectivity index (χ3n) is 9.45. The molecule has 0 N–H and O–H groups in total. The Morgan fingerprint density at radius 1 is 0.312 bits per heavy atom. The lowest BCUT2D eigenvalue weighted by Gasteiger charge is -2.12. The molecular formula is C44H32N4. The second kappa shape index (κ2) is 12.0. The average molecular weight is 617 g/mol. The molecule has 0 saturated heterocycles. The van der Waals surface area contributed by atoms with E-state index in [4.69, 9.17) is 20.0 Å².